The van der Waals surface area contributed by atoms with E-state index in [0.29, 0.717) is 22.4 Å². The third-order valence-corrected chi connectivity index (χ3v) is 5.58. The average Bonchev–Trinajstić information content (AvgIpc) is 2.74. The first-order valence-corrected chi connectivity index (χ1v) is 10.2. The molecule has 2 heterocycles. The molecule has 0 bridgehead atoms. The highest BCUT2D eigenvalue weighted by atomic mass is 17.0. The number of benzene rings is 1. The van der Waals surface area contributed by atoms with E-state index < -0.39 is 45.7 Å². The standard InChI is InChI=1S/C21H22N4O9/c1-12(33-24(28)29)17(34-25(30)31)9-14-5-7-18(26)23(11-14)19-15-8-13(10-22)4-6-16(15)32-21(2,3)20(19)27/h4-8,11-12,17,19-20,27H,9H2,1-3H3/t12?,17?,19-,20+/m1/s1. The molecule has 1 N–H and O–H groups in total. The molecule has 13 heteroatoms. The number of rotatable bonds is 8. The summed E-state index contributed by atoms with van der Waals surface area (Å²) in [6.07, 6.45) is -2.66. The van der Waals surface area contributed by atoms with Crippen molar-refractivity contribution in [3.63, 3.8) is 0 Å². The minimum Gasteiger partial charge on any atom is -0.485 e. The van der Waals surface area contributed by atoms with Crippen molar-refractivity contribution >= 4 is 0 Å². The topological polar surface area (TPSA) is 180 Å². The van der Waals surface area contributed by atoms with Crippen molar-refractivity contribution in [1.82, 2.24) is 4.57 Å². The van der Waals surface area contributed by atoms with Gasteiger partial charge in [0.15, 0.2) is 0 Å². The van der Waals surface area contributed by atoms with Crippen molar-refractivity contribution in [1.29, 1.82) is 5.26 Å². The summed E-state index contributed by atoms with van der Waals surface area (Å²) in [6, 6.07) is 8.33. The van der Waals surface area contributed by atoms with Crippen LogP contribution >= 0.6 is 0 Å². The minimum atomic E-state index is -1.35. The lowest BCUT2D eigenvalue weighted by Gasteiger charge is -2.42. The monoisotopic (exact) mass is 474 g/mol. The molecular formula is C21H22N4O9. The van der Waals surface area contributed by atoms with Crippen molar-refractivity contribution in [3.05, 3.63) is 83.8 Å². The van der Waals surface area contributed by atoms with E-state index in [1.165, 1.54) is 35.9 Å². The summed E-state index contributed by atoms with van der Waals surface area (Å²) in [7, 11) is 0. The molecule has 1 aliphatic heterocycles. The Labute approximate surface area is 192 Å². The van der Waals surface area contributed by atoms with Crippen LogP contribution in [0, 0.1) is 31.6 Å². The number of fused-ring (bicyclic) bond motifs is 1. The molecule has 13 nitrogen and oxygen atoms in total. The summed E-state index contributed by atoms with van der Waals surface area (Å²) >= 11 is 0. The predicted octanol–water partition coefficient (Wildman–Crippen LogP) is 1.56. The van der Waals surface area contributed by atoms with Crippen LogP contribution in [0.2, 0.25) is 0 Å². The molecule has 0 radical (unpaired) electrons. The van der Waals surface area contributed by atoms with Gasteiger partial charge in [-0.05, 0) is 44.5 Å². The van der Waals surface area contributed by atoms with Gasteiger partial charge in [-0.15, -0.1) is 20.2 Å². The second kappa shape index (κ2) is 9.36. The zero-order valence-corrected chi connectivity index (χ0v) is 18.5. The molecule has 34 heavy (non-hydrogen) atoms. The van der Waals surface area contributed by atoms with Crippen LogP contribution in [0.4, 0.5) is 0 Å². The van der Waals surface area contributed by atoms with Gasteiger partial charge in [0.1, 0.15) is 29.7 Å². The third kappa shape index (κ3) is 5.07. The fourth-order valence-electron chi connectivity index (χ4n) is 3.86. The van der Waals surface area contributed by atoms with Crippen LogP contribution in [0.15, 0.2) is 41.3 Å². The maximum absolute atomic E-state index is 12.8. The van der Waals surface area contributed by atoms with Crippen molar-refractivity contribution in [3.8, 4) is 11.8 Å². The normalized spacial score (nSPS) is 20.1. The van der Waals surface area contributed by atoms with E-state index in [4.69, 9.17) is 4.74 Å². The molecular weight excluding hydrogens is 452 g/mol. The van der Waals surface area contributed by atoms with Gasteiger partial charge in [0, 0.05) is 24.2 Å². The van der Waals surface area contributed by atoms with Crippen molar-refractivity contribution in [2.24, 2.45) is 0 Å². The molecule has 3 rings (SSSR count). The fraction of sp³-hybridized carbons (Fsp3) is 0.429. The van der Waals surface area contributed by atoms with Gasteiger partial charge >= 0.3 is 0 Å². The summed E-state index contributed by atoms with van der Waals surface area (Å²) in [6.45, 7) is 4.55. The Bertz CT molecular complexity index is 1200. The molecule has 0 saturated heterocycles. The Kier molecular flexibility index (Phi) is 6.73. The van der Waals surface area contributed by atoms with Crippen LogP contribution in [-0.4, -0.2) is 43.8 Å². The van der Waals surface area contributed by atoms with Gasteiger partial charge in [-0.1, -0.05) is 6.07 Å². The van der Waals surface area contributed by atoms with Crippen LogP contribution in [0.3, 0.4) is 0 Å². The number of hydrogen-bond acceptors (Lipinski definition) is 10. The Morgan fingerprint density at radius 3 is 2.53 bits per heavy atom. The first kappa shape index (κ1) is 24.5. The van der Waals surface area contributed by atoms with E-state index in [1.807, 2.05) is 6.07 Å². The number of pyridine rings is 1. The van der Waals surface area contributed by atoms with Crippen LogP contribution in [-0.2, 0) is 16.1 Å². The quantitative estimate of drug-likeness (QED) is 0.435. The number of ether oxygens (including phenoxy) is 1. The fourth-order valence-corrected chi connectivity index (χ4v) is 3.86. The molecule has 1 aliphatic rings. The number of aliphatic hydroxyl groups is 1. The van der Waals surface area contributed by atoms with E-state index in [2.05, 4.69) is 9.68 Å². The van der Waals surface area contributed by atoms with E-state index in [-0.39, 0.29) is 6.42 Å². The number of aromatic nitrogens is 1. The average molecular weight is 474 g/mol. The van der Waals surface area contributed by atoms with Gasteiger partial charge in [-0.2, -0.15) is 5.26 Å². The second-order valence-corrected chi connectivity index (χ2v) is 8.35. The molecule has 0 fully saturated rings. The molecule has 1 aromatic carbocycles. The van der Waals surface area contributed by atoms with Crippen molar-refractivity contribution < 1.29 is 29.7 Å². The van der Waals surface area contributed by atoms with Gasteiger partial charge in [-0.3, -0.25) is 4.79 Å². The molecule has 180 valence electrons. The third-order valence-electron chi connectivity index (χ3n) is 5.58. The molecule has 0 aliphatic carbocycles. The largest absolute Gasteiger partial charge is 0.485 e. The van der Waals surface area contributed by atoms with Gasteiger partial charge in [-0.25, -0.2) is 0 Å². The second-order valence-electron chi connectivity index (χ2n) is 8.35. The summed E-state index contributed by atoms with van der Waals surface area (Å²) in [5.74, 6) is 0.388. The minimum absolute atomic E-state index is 0.204. The number of aliphatic hydroxyl groups excluding tert-OH is 1. The SMILES string of the molecule is CC(O[N+](=O)[O-])C(Cc1ccc(=O)n([C@@H]2c3cc(C#N)ccc3OC(C)(C)[C@H]2O)c1)O[N+](=O)[O-]. The number of nitriles is 1. The van der Waals surface area contributed by atoms with Crippen LogP contribution < -0.4 is 10.3 Å². The zero-order valence-electron chi connectivity index (χ0n) is 18.5. The lowest BCUT2D eigenvalue weighted by atomic mass is 9.85. The van der Waals surface area contributed by atoms with Gasteiger partial charge in [0.05, 0.1) is 17.7 Å². The van der Waals surface area contributed by atoms with E-state index in [0.717, 1.165) is 0 Å². The predicted molar refractivity (Wildman–Crippen MR) is 114 cm³/mol. The first-order chi connectivity index (χ1) is 15.9. The van der Waals surface area contributed by atoms with Crippen LogP contribution in [0.25, 0.3) is 0 Å². The molecule has 0 amide bonds. The maximum atomic E-state index is 12.8. The zero-order chi connectivity index (χ0) is 25.2. The highest BCUT2D eigenvalue weighted by molar-refractivity contribution is 5.47. The number of hydrogen-bond donors (Lipinski definition) is 1. The summed E-state index contributed by atoms with van der Waals surface area (Å²) in [5.41, 5.74) is -0.506. The lowest BCUT2D eigenvalue weighted by Crippen LogP contribution is -2.52. The van der Waals surface area contributed by atoms with Crippen molar-refractivity contribution in [2.75, 3.05) is 0 Å². The highest BCUT2D eigenvalue weighted by Crippen LogP contribution is 2.41. The maximum Gasteiger partial charge on any atom is 0.294 e. The Hall–Kier alpha value is -4.18. The Morgan fingerprint density at radius 1 is 1.24 bits per heavy atom. The molecule has 4 atom stereocenters. The molecule has 2 aromatic rings. The van der Waals surface area contributed by atoms with Gasteiger partial charge in [0.2, 0.25) is 0 Å². The molecule has 2 unspecified atom stereocenters. The van der Waals surface area contributed by atoms with E-state index >= 15 is 0 Å². The molecule has 1 aromatic heterocycles. The van der Waals surface area contributed by atoms with Crippen molar-refractivity contribution in [2.45, 2.75) is 57.1 Å². The smallest absolute Gasteiger partial charge is 0.294 e. The van der Waals surface area contributed by atoms with Gasteiger partial charge in [0.25, 0.3) is 15.7 Å². The van der Waals surface area contributed by atoms with E-state index in [9.17, 15) is 35.4 Å². The van der Waals surface area contributed by atoms with E-state index in [1.54, 1.807) is 26.0 Å². The Morgan fingerprint density at radius 2 is 1.91 bits per heavy atom. The first-order valence-electron chi connectivity index (χ1n) is 10.2. The molecule has 0 spiro atoms. The Balaban J connectivity index is 2.06. The number of nitrogens with zero attached hydrogens (tertiary/aromatic N) is 4. The summed E-state index contributed by atoms with van der Waals surface area (Å²) < 4.78 is 7.12. The van der Waals surface area contributed by atoms with Crippen LogP contribution in [0.1, 0.15) is 43.5 Å². The lowest BCUT2D eigenvalue weighted by molar-refractivity contribution is -0.798. The van der Waals surface area contributed by atoms with Crippen LogP contribution in [0.5, 0.6) is 5.75 Å². The summed E-state index contributed by atoms with van der Waals surface area (Å²) in [4.78, 5) is 43.4. The highest BCUT2D eigenvalue weighted by Gasteiger charge is 2.44. The van der Waals surface area contributed by atoms with Gasteiger partial charge < -0.3 is 24.1 Å². The molecule has 0 saturated carbocycles. The summed E-state index contributed by atoms with van der Waals surface area (Å²) in [5, 5.41) is 39.8.